The van der Waals surface area contributed by atoms with E-state index in [0.29, 0.717) is 32.0 Å². The van der Waals surface area contributed by atoms with Crippen molar-refractivity contribution in [1.29, 1.82) is 0 Å². The Morgan fingerprint density at radius 3 is 2.76 bits per heavy atom. The van der Waals surface area contributed by atoms with E-state index in [1.807, 2.05) is 0 Å². The van der Waals surface area contributed by atoms with Gasteiger partial charge in [-0.15, -0.1) is 0 Å². The van der Waals surface area contributed by atoms with E-state index < -0.39 is 5.97 Å². The van der Waals surface area contributed by atoms with E-state index in [9.17, 15) is 9.59 Å². The summed E-state index contributed by atoms with van der Waals surface area (Å²) in [5.41, 5.74) is 0. The van der Waals surface area contributed by atoms with Crippen LogP contribution in [0.25, 0.3) is 0 Å². The van der Waals surface area contributed by atoms with E-state index >= 15 is 0 Å². The highest BCUT2D eigenvalue weighted by Crippen LogP contribution is 2.17. The van der Waals surface area contributed by atoms with Gasteiger partial charge in [-0.3, -0.25) is 4.79 Å². The number of hydrogen-bond donors (Lipinski definition) is 2. The number of rotatable bonds is 8. The lowest BCUT2D eigenvalue weighted by molar-refractivity contribution is -0.137. The summed E-state index contributed by atoms with van der Waals surface area (Å²) in [4.78, 5) is 24.5. The number of carbonyl (C=O) groups excluding carboxylic acids is 1. The molecule has 2 amide bonds. The molecule has 1 fully saturated rings. The summed E-state index contributed by atoms with van der Waals surface area (Å²) in [5, 5.41) is 11.7. The second-order valence-electron chi connectivity index (χ2n) is 5.56. The minimum absolute atomic E-state index is 0.0333. The SMILES string of the molecule is CCCC(CCNC(=O)N1CCCOCC1)CCC(=O)O. The van der Waals surface area contributed by atoms with Crippen LogP contribution in [0.1, 0.15) is 45.4 Å². The molecule has 0 aromatic heterocycles. The van der Waals surface area contributed by atoms with Gasteiger partial charge in [-0.2, -0.15) is 0 Å². The molecular weight excluding hydrogens is 272 g/mol. The highest BCUT2D eigenvalue weighted by Gasteiger charge is 2.16. The summed E-state index contributed by atoms with van der Waals surface area (Å²) in [7, 11) is 0. The number of carboxylic acids is 1. The fraction of sp³-hybridized carbons (Fsp3) is 0.867. The second kappa shape index (κ2) is 10.4. The van der Waals surface area contributed by atoms with Crippen molar-refractivity contribution in [2.24, 2.45) is 5.92 Å². The zero-order valence-corrected chi connectivity index (χ0v) is 13.0. The van der Waals surface area contributed by atoms with E-state index in [-0.39, 0.29) is 12.5 Å². The molecule has 1 atom stereocenters. The maximum absolute atomic E-state index is 12.0. The summed E-state index contributed by atoms with van der Waals surface area (Å²) in [6.07, 6.45) is 4.68. The van der Waals surface area contributed by atoms with Gasteiger partial charge in [0.2, 0.25) is 0 Å². The van der Waals surface area contributed by atoms with Gasteiger partial charge in [0.15, 0.2) is 0 Å². The van der Waals surface area contributed by atoms with Crippen LogP contribution in [0, 0.1) is 5.92 Å². The monoisotopic (exact) mass is 300 g/mol. The Balaban J connectivity index is 2.24. The molecule has 1 rings (SSSR count). The van der Waals surface area contributed by atoms with Crippen LogP contribution in [0.3, 0.4) is 0 Å². The average molecular weight is 300 g/mol. The van der Waals surface area contributed by atoms with Crippen molar-refractivity contribution in [3.63, 3.8) is 0 Å². The maximum Gasteiger partial charge on any atom is 0.317 e. The normalized spacial score (nSPS) is 17.1. The fourth-order valence-electron chi connectivity index (χ4n) is 2.61. The molecule has 1 heterocycles. The zero-order valence-electron chi connectivity index (χ0n) is 13.0. The number of nitrogens with zero attached hydrogens (tertiary/aromatic N) is 1. The van der Waals surface area contributed by atoms with E-state index in [1.54, 1.807) is 4.90 Å². The Labute approximate surface area is 126 Å². The molecule has 0 radical (unpaired) electrons. The number of nitrogens with one attached hydrogen (secondary N) is 1. The molecule has 0 bridgehead atoms. The standard InChI is InChI=1S/C15H28N2O4/c1-2-4-13(5-6-14(18)19)7-8-16-15(20)17-9-3-11-21-12-10-17/h13H,2-12H2,1H3,(H,16,20)(H,18,19). The highest BCUT2D eigenvalue weighted by molar-refractivity contribution is 5.74. The molecule has 0 spiro atoms. The van der Waals surface area contributed by atoms with Crippen LogP contribution in [-0.4, -0.2) is 54.9 Å². The molecule has 1 aliphatic rings. The van der Waals surface area contributed by atoms with Crippen LogP contribution in [0.15, 0.2) is 0 Å². The van der Waals surface area contributed by atoms with Crippen LogP contribution in [0.5, 0.6) is 0 Å². The molecular formula is C15H28N2O4. The van der Waals surface area contributed by atoms with Gasteiger partial charge in [-0.05, 0) is 25.2 Å². The first kappa shape index (κ1) is 17.8. The summed E-state index contributed by atoms with van der Waals surface area (Å²) in [5.74, 6) is -0.372. The van der Waals surface area contributed by atoms with Gasteiger partial charge in [0.05, 0.1) is 6.61 Å². The molecule has 2 N–H and O–H groups in total. The molecule has 6 nitrogen and oxygen atoms in total. The molecule has 1 unspecified atom stereocenters. The Hall–Kier alpha value is -1.30. The van der Waals surface area contributed by atoms with Crippen LogP contribution in [-0.2, 0) is 9.53 Å². The third-order valence-corrected chi connectivity index (χ3v) is 3.80. The molecule has 1 aliphatic heterocycles. The summed E-state index contributed by atoms with van der Waals surface area (Å²) >= 11 is 0. The van der Waals surface area contributed by atoms with Gasteiger partial charge in [0.25, 0.3) is 0 Å². The molecule has 0 aromatic carbocycles. The van der Waals surface area contributed by atoms with Gasteiger partial charge >= 0.3 is 12.0 Å². The predicted octanol–water partition coefficient (Wildman–Crippen LogP) is 2.09. The van der Waals surface area contributed by atoms with Gasteiger partial charge in [-0.25, -0.2) is 4.79 Å². The van der Waals surface area contributed by atoms with E-state index in [2.05, 4.69) is 12.2 Å². The molecule has 0 aliphatic carbocycles. The van der Waals surface area contributed by atoms with Crippen molar-refractivity contribution in [2.75, 3.05) is 32.8 Å². The van der Waals surface area contributed by atoms with Gasteiger partial charge < -0.3 is 20.1 Å². The van der Waals surface area contributed by atoms with Crippen molar-refractivity contribution in [3.8, 4) is 0 Å². The fourth-order valence-corrected chi connectivity index (χ4v) is 2.61. The van der Waals surface area contributed by atoms with Crippen molar-refractivity contribution in [2.45, 2.75) is 45.4 Å². The Morgan fingerprint density at radius 1 is 1.24 bits per heavy atom. The molecule has 0 aromatic rings. The Morgan fingerprint density at radius 2 is 2.05 bits per heavy atom. The van der Waals surface area contributed by atoms with Crippen molar-refractivity contribution in [3.05, 3.63) is 0 Å². The first-order chi connectivity index (χ1) is 10.1. The number of urea groups is 1. The third kappa shape index (κ3) is 7.90. The van der Waals surface area contributed by atoms with Crippen molar-refractivity contribution < 1.29 is 19.4 Å². The third-order valence-electron chi connectivity index (χ3n) is 3.80. The molecule has 0 saturated carbocycles. The quantitative estimate of drug-likeness (QED) is 0.719. The second-order valence-corrected chi connectivity index (χ2v) is 5.56. The van der Waals surface area contributed by atoms with Gasteiger partial charge in [-0.1, -0.05) is 19.8 Å². The minimum atomic E-state index is -0.746. The smallest absolute Gasteiger partial charge is 0.317 e. The molecule has 6 heteroatoms. The first-order valence-electron chi connectivity index (χ1n) is 7.95. The summed E-state index contributed by atoms with van der Waals surface area (Å²) < 4.78 is 5.33. The Bertz CT molecular complexity index is 315. The topological polar surface area (TPSA) is 78.9 Å². The number of carbonyl (C=O) groups is 2. The van der Waals surface area contributed by atoms with Crippen molar-refractivity contribution >= 4 is 12.0 Å². The van der Waals surface area contributed by atoms with E-state index in [1.165, 1.54) is 0 Å². The van der Waals surface area contributed by atoms with Crippen LogP contribution < -0.4 is 5.32 Å². The molecule has 1 saturated heterocycles. The first-order valence-corrected chi connectivity index (χ1v) is 7.95. The number of hydrogen-bond acceptors (Lipinski definition) is 3. The minimum Gasteiger partial charge on any atom is -0.481 e. The maximum atomic E-state index is 12.0. The number of amides is 2. The average Bonchev–Trinajstić information content (AvgIpc) is 2.73. The number of ether oxygens (including phenoxy) is 1. The van der Waals surface area contributed by atoms with Gasteiger partial charge in [0.1, 0.15) is 0 Å². The van der Waals surface area contributed by atoms with E-state index in [0.717, 1.165) is 38.8 Å². The highest BCUT2D eigenvalue weighted by atomic mass is 16.5. The Kier molecular flexibility index (Phi) is 8.82. The van der Waals surface area contributed by atoms with Crippen molar-refractivity contribution in [1.82, 2.24) is 10.2 Å². The summed E-state index contributed by atoms with van der Waals surface area (Å²) in [6, 6.07) is -0.0333. The lowest BCUT2D eigenvalue weighted by Gasteiger charge is -2.21. The molecule has 122 valence electrons. The molecule has 21 heavy (non-hydrogen) atoms. The zero-order chi connectivity index (χ0) is 15.5. The van der Waals surface area contributed by atoms with Crippen LogP contribution >= 0.6 is 0 Å². The van der Waals surface area contributed by atoms with Crippen LogP contribution in [0.4, 0.5) is 4.79 Å². The lowest BCUT2D eigenvalue weighted by Crippen LogP contribution is -2.41. The number of aliphatic carboxylic acids is 1. The van der Waals surface area contributed by atoms with E-state index in [4.69, 9.17) is 9.84 Å². The predicted molar refractivity (Wildman–Crippen MR) is 80.3 cm³/mol. The summed E-state index contributed by atoms with van der Waals surface area (Å²) in [6.45, 7) is 5.42. The van der Waals surface area contributed by atoms with Gasteiger partial charge in [0, 0.05) is 32.7 Å². The lowest BCUT2D eigenvalue weighted by atomic mass is 9.94. The number of carboxylic acid groups (broad SMARTS) is 1. The largest absolute Gasteiger partial charge is 0.481 e. The van der Waals surface area contributed by atoms with Crippen LogP contribution in [0.2, 0.25) is 0 Å².